The van der Waals surface area contributed by atoms with E-state index in [4.69, 9.17) is 14.6 Å². The zero-order valence-corrected chi connectivity index (χ0v) is 17.8. The third-order valence-electron chi connectivity index (χ3n) is 5.08. The summed E-state index contributed by atoms with van der Waals surface area (Å²) < 4.78 is 10.9. The van der Waals surface area contributed by atoms with E-state index < -0.39 is 11.8 Å². The van der Waals surface area contributed by atoms with Crippen molar-refractivity contribution in [3.8, 4) is 0 Å². The van der Waals surface area contributed by atoms with E-state index in [1.165, 1.54) is 0 Å². The summed E-state index contributed by atoms with van der Waals surface area (Å²) in [5, 5.41) is 13.0. The molecule has 1 aliphatic heterocycles. The molecule has 0 saturated heterocycles. The van der Waals surface area contributed by atoms with Crippen molar-refractivity contribution in [2.75, 3.05) is 18.5 Å². The molecule has 4 rings (SSSR count). The molecular formula is C24H23N3O5. The molecule has 8 heteroatoms. The molecule has 0 atom stereocenters. The number of aliphatic hydroxyl groups excluding tert-OH is 1. The molecule has 3 heterocycles. The number of esters is 1. The van der Waals surface area contributed by atoms with Gasteiger partial charge in [0.25, 0.3) is 0 Å². The second kappa shape index (κ2) is 9.07. The zero-order chi connectivity index (χ0) is 22.7. The van der Waals surface area contributed by atoms with E-state index >= 15 is 0 Å². The number of carbonyl (C=O) groups is 2. The number of aryl methyl sites for hydroxylation is 1. The highest BCUT2D eigenvalue weighted by molar-refractivity contribution is 6.26. The van der Waals surface area contributed by atoms with Gasteiger partial charge in [-0.05, 0) is 55.7 Å². The Morgan fingerprint density at radius 2 is 2.19 bits per heavy atom. The monoisotopic (exact) mass is 433 g/mol. The number of nitrogens with zero attached hydrogens (tertiary/aromatic N) is 1. The molecule has 1 aromatic carbocycles. The van der Waals surface area contributed by atoms with E-state index in [2.05, 4.69) is 15.3 Å². The number of hydrogen-bond donors (Lipinski definition) is 3. The highest BCUT2D eigenvalue weighted by atomic mass is 16.5. The van der Waals surface area contributed by atoms with Crippen molar-refractivity contribution in [2.24, 2.45) is 0 Å². The normalized spacial score (nSPS) is 14.8. The van der Waals surface area contributed by atoms with Crippen LogP contribution < -0.4 is 5.32 Å². The average molecular weight is 433 g/mol. The molecule has 164 valence electrons. The minimum absolute atomic E-state index is 0.00913. The predicted molar refractivity (Wildman–Crippen MR) is 119 cm³/mol. The number of fused-ring (bicyclic) bond motifs is 1. The van der Waals surface area contributed by atoms with Crippen molar-refractivity contribution in [3.63, 3.8) is 0 Å². The van der Waals surface area contributed by atoms with Crippen LogP contribution >= 0.6 is 0 Å². The van der Waals surface area contributed by atoms with Crippen LogP contribution in [0, 0.1) is 6.92 Å². The van der Waals surface area contributed by atoms with Gasteiger partial charge in [0.15, 0.2) is 11.3 Å². The molecule has 0 amide bonds. The lowest BCUT2D eigenvalue weighted by Gasteiger charge is -2.12. The summed E-state index contributed by atoms with van der Waals surface area (Å²) >= 11 is 0. The first-order valence-electron chi connectivity index (χ1n) is 10.3. The summed E-state index contributed by atoms with van der Waals surface area (Å²) in [6.07, 6.45) is 5.51. The first-order chi connectivity index (χ1) is 15.5. The van der Waals surface area contributed by atoms with E-state index in [0.29, 0.717) is 23.3 Å². The first kappa shape index (κ1) is 21.3. The summed E-state index contributed by atoms with van der Waals surface area (Å²) in [4.78, 5) is 32.9. The third-order valence-corrected chi connectivity index (χ3v) is 5.08. The smallest absolute Gasteiger partial charge is 0.347 e. The van der Waals surface area contributed by atoms with Crippen molar-refractivity contribution in [1.29, 1.82) is 0 Å². The predicted octanol–water partition coefficient (Wildman–Crippen LogP) is 3.23. The Morgan fingerprint density at radius 3 is 2.94 bits per heavy atom. The molecule has 32 heavy (non-hydrogen) atoms. The molecule has 2 aromatic heterocycles. The molecule has 0 bridgehead atoms. The van der Waals surface area contributed by atoms with E-state index in [-0.39, 0.29) is 30.4 Å². The number of aliphatic hydroxyl groups is 1. The number of pyridine rings is 1. The lowest BCUT2D eigenvalue weighted by atomic mass is 10.1. The number of hydrogen-bond acceptors (Lipinski definition) is 7. The Balaban J connectivity index is 1.68. The van der Waals surface area contributed by atoms with Crippen molar-refractivity contribution < 1.29 is 24.2 Å². The molecule has 1 aliphatic rings. The number of allylic oxidation sites excluding steroid dienone is 1. The molecule has 0 radical (unpaired) electrons. The standard InChI is InChI=1S/C24H23N3O5/c1-3-31-24(30)20-21(29)19(12-16-13-26-22-17(16)5-4-9-25-22)32-23(20)27-18-7-6-15(8-10-28)11-14(18)2/h4-7,9,11-13,27-28H,3,8,10H2,1-2H3,(H,25,26). The van der Waals surface area contributed by atoms with Gasteiger partial charge in [0.2, 0.25) is 11.7 Å². The van der Waals surface area contributed by atoms with E-state index in [1.54, 1.807) is 31.5 Å². The first-order valence-corrected chi connectivity index (χ1v) is 10.3. The average Bonchev–Trinajstić information content (AvgIpc) is 3.32. The number of rotatable bonds is 7. The van der Waals surface area contributed by atoms with Gasteiger partial charge < -0.3 is 24.9 Å². The van der Waals surface area contributed by atoms with Crippen LogP contribution in [0.25, 0.3) is 17.1 Å². The SMILES string of the molecule is CCOC(=O)C1=C(Nc2ccc(CCO)cc2C)OC(=Cc2c[nH]c3ncccc23)C1=O. The van der Waals surface area contributed by atoms with Crippen LogP contribution in [0.3, 0.4) is 0 Å². The Hall–Kier alpha value is -3.91. The molecular weight excluding hydrogens is 410 g/mol. The summed E-state index contributed by atoms with van der Waals surface area (Å²) in [5.41, 5.74) is 3.74. The van der Waals surface area contributed by atoms with E-state index in [1.807, 2.05) is 31.2 Å². The molecule has 0 fully saturated rings. The quantitative estimate of drug-likeness (QED) is 0.298. The van der Waals surface area contributed by atoms with E-state index in [9.17, 15) is 9.59 Å². The van der Waals surface area contributed by atoms with Crippen molar-refractivity contribution in [2.45, 2.75) is 20.3 Å². The van der Waals surface area contributed by atoms with E-state index in [0.717, 1.165) is 16.5 Å². The number of Topliss-reactive ketones (excluding diaryl/α,β-unsaturated/α-hetero) is 1. The Bertz CT molecular complexity index is 1260. The fraction of sp³-hybridized carbons (Fsp3) is 0.208. The second-order valence-electron chi connectivity index (χ2n) is 7.26. The zero-order valence-electron chi connectivity index (χ0n) is 17.8. The maximum atomic E-state index is 13.1. The fourth-order valence-electron chi connectivity index (χ4n) is 3.52. The maximum absolute atomic E-state index is 13.1. The molecule has 0 saturated carbocycles. The van der Waals surface area contributed by atoms with Gasteiger partial charge >= 0.3 is 5.97 Å². The van der Waals surface area contributed by atoms with Crippen LogP contribution in [0.5, 0.6) is 0 Å². The van der Waals surface area contributed by atoms with Gasteiger partial charge in [0.1, 0.15) is 5.65 Å². The number of aromatic nitrogens is 2. The van der Waals surface area contributed by atoms with Crippen LogP contribution in [-0.4, -0.2) is 40.0 Å². The summed E-state index contributed by atoms with van der Waals surface area (Å²) in [7, 11) is 0. The van der Waals surface area contributed by atoms with Crippen LogP contribution in [0.15, 0.2) is 59.9 Å². The molecule has 3 N–H and O–H groups in total. The molecule has 8 nitrogen and oxygen atoms in total. The van der Waals surface area contributed by atoms with Crippen LogP contribution in [0.4, 0.5) is 5.69 Å². The van der Waals surface area contributed by atoms with Gasteiger partial charge in [-0.15, -0.1) is 0 Å². The summed E-state index contributed by atoms with van der Waals surface area (Å²) in [5.74, 6) is -1.28. The minimum atomic E-state index is -0.751. The number of ether oxygens (including phenoxy) is 2. The topological polar surface area (TPSA) is 114 Å². The van der Waals surface area contributed by atoms with Crippen LogP contribution in [0.1, 0.15) is 23.6 Å². The number of H-pyrrole nitrogens is 1. The van der Waals surface area contributed by atoms with Gasteiger partial charge in [-0.25, -0.2) is 9.78 Å². The highest BCUT2D eigenvalue weighted by Gasteiger charge is 2.37. The van der Waals surface area contributed by atoms with Crippen molar-refractivity contribution in [3.05, 3.63) is 76.6 Å². The van der Waals surface area contributed by atoms with Gasteiger partial charge in [-0.3, -0.25) is 4.79 Å². The van der Waals surface area contributed by atoms with Crippen LogP contribution in [-0.2, 0) is 25.5 Å². The number of benzene rings is 1. The highest BCUT2D eigenvalue weighted by Crippen LogP contribution is 2.31. The molecule has 0 unspecified atom stereocenters. The van der Waals surface area contributed by atoms with Crippen LogP contribution in [0.2, 0.25) is 0 Å². The fourth-order valence-corrected chi connectivity index (χ4v) is 3.52. The Labute approximate surface area is 184 Å². The maximum Gasteiger partial charge on any atom is 0.347 e. The molecule has 0 spiro atoms. The van der Waals surface area contributed by atoms with Gasteiger partial charge in [-0.2, -0.15) is 0 Å². The van der Waals surface area contributed by atoms with Crippen molar-refractivity contribution >= 4 is 34.5 Å². The summed E-state index contributed by atoms with van der Waals surface area (Å²) in [6.45, 7) is 3.75. The van der Waals surface area contributed by atoms with Gasteiger partial charge in [-0.1, -0.05) is 12.1 Å². The minimum Gasteiger partial charge on any atom is -0.462 e. The number of carbonyl (C=O) groups excluding carboxylic acids is 2. The lowest BCUT2D eigenvalue weighted by Crippen LogP contribution is -2.16. The number of anilines is 1. The molecule has 0 aliphatic carbocycles. The second-order valence-corrected chi connectivity index (χ2v) is 7.26. The van der Waals surface area contributed by atoms with Gasteiger partial charge in [0.05, 0.1) is 6.61 Å². The summed E-state index contributed by atoms with van der Waals surface area (Å²) in [6, 6.07) is 9.28. The van der Waals surface area contributed by atoms with Gasteiger partial charge in [0, 0.05) is 35.6 Å². The van der Waals surface area contributed by atoms with Crippen molar-refractivity contribution in [1.82, 2.24) is 9.97 Å². The number of aromatic amines is 1. The molecule has 3 aromatic rings. The Kier molecular flexibility index (Phi) is 6.04. The Morgan fingerprint density at radius 1 is 1.34 bits per heavy atom. The number of nitrogens with one attached hydrogen (secondary N) is 2. The number of ketones is 1. The largest absolute Gasteiger partial charge is 0.462 e. The lowest BCUT2D eigenvalue weighted by molar-refractivity contribution is -0.139. The third kappa shape index (κ3) is 4.13.